The van der Waals surface area contributed by atoms with Gasteiger partial charge in [-0.2, -0.15) is 0 Å². The highest BCUT2D eigenvalue weighted by Gasteiger charge is 2.35. The molecule has 0 radical (unpaired) electrons. The normalized spacial score (nSPS) is 21.4. The van der Waals surface area contributed by atoms with E-state index in [1.807, 2.05) is 24.3 Å². The molecule has 1 aromatic carbocycles. The van der Waals surface area contributed by atoms with E-state index in [-0.39, 0.29) is 17.8 Å². The number of carbonyl (C=O) groups is 1. The van der Waals surface area contributed by atoms with E-state index < -0.39 is 5.97 Å². The molecule has 2 aliphatic rings. The molecule has 0 bridgehead atoms. The summed E-state index contributed by atoms with van der Waals surface area (Å²) in [7, 11) is 0. The summed E-state index contributed by atoms with van der Waals surface area (Å²) in [5.41, 5.74) is 1.21. The van der Waals surface area contributed by atoms with Gasteiger partial charge in [0.1, 0.15) is 5.75 Å². The van der Waals surface area contributed by atoms with Crippen molar-refractivity contribution < 1.29 is 19.4 Å². The van der Waals surface area contributed by atoms with E-state index in [1.54, 1.807) is 0 Å². The maximum Gasteiger partial charge on any atom is 0.303 e. The second-order valence-corrected chi connectivity index (χ2v) is 6.71. The van der Waals surface area contributed by atoms with Crippen LogP contribution in [0, 0.1) is 11.3 Å². The fraction of sp³-hybridized carbons (Fsp3) is 0.588. The number of hydrogen-bond donors (Lipinski definition) is 1. The average molecular weight is 290 g/mol. The van der Waals surface area contributed by atoms with Gasteiger partial charge in [-0.3, -0.25) is 4.79 Å². The van der Waals surface area contributed by atoms with Crippen molar-refractivity contribution in [3.63, 3.8) is 0 Å². The van der Waals surface area contributed by atoms with Gasteiger partial charge in [0.2, 0.25) is 0 Å². The third-order valence-corrected chi connectivity index (χ3v) is 4.36. The first-order chi connectivity index (χ1) is 10.1. The zero-order chi connectivity index (χ0) is 14.9. The lowest BCUT2D eigenvalue weighted by atomic mass is 9.90. The maximum absolute atomic E-state index is 11.1. The average Bonchev–Trinajstić information content (AvgIpc) is 3.25. The third kappa shape index (κ3) is 3.56. The molecule has 1 aromatic rings. The summed E-state index contributed by atoms with van der Waals surface area (Å²) in [5.74, 6) is 0.747. The van der Waals surface area contributed by atoms with Crippen LogP contribution in [0.25, 0.3) is 0 Å². The molecule has 114 valence electrons. The molecule has 21 heavy (non-hydrogen) atoms. The second kappa shape index (κ2) is 5.68. The van der Waals surface area contributed by atoms with Gasteiger partial charge in [0.15, 0.2) is 0 Å². The summed E-state index contributed by atoms with van der Waals surface area (Å²) in [6.07, 6.45) is 2.48. The molecular weight excluding hydrogens is 268 g/mol. The maximum atomic E-state index is 11.1. The van der Waals surface area contributed by atoms with Gasteiger partial charge in [0, 0.05) is 5.41 Å². The fourth-order valence-corrected chi connectivity index (χ4v) is 2.87. The number of ether oxygens (including phenoxy) is 2. The van der Waals surface area contributed by atoms with Crippen LogP contribution in [0.5, 0.6) is 5.75 Å². The second-order valence-electron chi connectivity index (χ2n) is 6.71. The zero-order valence-electron chi connectivity index (χ0n) is 12.4. The van der Waals surface area contributed by atoms with Crippen molar-refractivity contribution in [2.45, 2.75) is 32.1 Å². The summed E-state index contributed by atoms with van der Waals surface area (Å²) in [6, 6.07) is 7.93. The van der Waals surface area contributed by atoms with Crippen LogP contribution in [-0.2, 0) is 9.53 Å². The predicted molar refractivity (Wildman–Crippen MR) is 78.6 cm³/mol. The summed E-state index contributed by atoms with van der Waals surface area (Å²) >= 11 is 0. The van der Waals surface area contributed by atoms with Gasteiger partial charge < -0.3 is 14.6 Å². The molecule has 0 amide bonds. The molecule has 3 rings (SSSR count). The van der Waals surface area contributed by atoms with Crippen LogP contribution in [0.1, 0.15) is 37.7 Å². The van der Waals surface area contributed by atoms with Gasteiger partial charge in [-0.1, -0.05) is 19.1 Å². The van der Waals surface area contributed by atoms with Crippen molar-refractivity contribution in [3.05, 3.63) is 29.8 Å². The van der Waals surface area contributed by atoms with E-state index >= 15 is 0 Å². The van der Waals surface area contributed by atoms with E-state index in [1.165, 1.54) is 0 Å². The van der Waals surface area contributed by atoms with E-state index in [0.29, 0.717) is 12.5 Å². The van der Waals surface area contributed by atoms with E-state index in [9.17, 15) is 4.79 Å². The van der Waals surface area contributed by atoms with Gasteiger partial charge in [-0.05, 0) is 42.4 Å². The van der Waals surface area contributed by atoms with Crippen LogP contribution in [0.15, 0.2) is 24.3 Å². The van der Waals surface area contributed by atoms with Crippen LogP contribution in [0.4, 0.5) is 0 Å². The number of carboxylic acids is 1. The van der Waals surface area contributed by atoms with Crippen LogP contribution in [-0.4, -0.2) is 30.9 Å². The Morgan fingerprint density at radius 1 is 1.48 bits per heavy atom. The lowest BCUT2D eigenvalue weighted by molar-refractivity contribution is -0.137. The van der Waals surface area contributed by atoms with Crippen molar-refractivity contribution in [1.82, 2.24) is 0 Å². The minimum atomic E-state index is -0.725. The fourth-order valence-electron chi connectivity index (χ4n) is 2.87. The van der Waals surface area contributed by atoms with Gasteiger partial charge in [-0.25, -0.2) is 0 Å². The Labute approximate surface area is 125 Å². The molecule has 1 atom stereocenters. The SMILES string of the molecule is CC1(COc2cccc(C(CC(=O)O)C3CC3)c2)COC1. The monoisotopic (exact) mass is 290 g/mol. The summed E-state index contributed by atoms with van der Waals surface area (Å²) in [5, 5.41) is 9.10. The molecule has 0 aromatic heterocycles. The van der Waals surface area contributed by atoms with E-state index in [4.69, 9.17) is 14.6 Å². The summed E-state index contributed by atoms with van der Waals surface area (Å²) in [4.78, 5) is 11.1. The predicted octanol–water partition coefficient (Wildman–Crippen LogP) is 3.07. The molecule has 0 spiro atoms. The molecule has 4 heteroatoms. The molecule has 1 aliphatic heterocycles. The quantitative estimate of drug-likeness (QED) is 0.838. The molecule has 4 nitrogen and oxygen atoms in total. The lowest BCUT2D eigenvalue weighted by Crippen LogP contribution is -2.44. The Hall–Kier alpha value is -1.55. The summed E-state index contributed by atoms with van der Waals surface area (Å²) in [6.45, 7) is 4.29. The van der Waals surface area contributed by atoms with Crippen molar-refractivity contribution in [1.29, 1.82) is 0 Å². The third-order valence-electron chi connectivity index (χ3n) is 4.36. The van der Waals surface area contributed by atoms with E-state index in [0.717, 1.165) is 37.4 Å². The van der Waals surface area contributed by atoms with Crippen molar-refractivity contribution in [3.8, 4) is 5.75 Å². The molecule has 1 saturated heterocycles. The Morgan fingerprint density at radius 2 is 2.24 bits per heavy atom. The van der Waals surface area contributed by atoms with Crippen LogP contribution in [0.2, 0.25) is 0 Å². The van der Waals surface area contributed by atoms with Crippen LogP contribution >= 0.6 is 0 Å². The minimum absolute atomic E-state index is 0.118. The Morgan fingerprint density at radius 3 is 2.81 bits per heavy atom. The number of aliphatic carboxylic acids is 1. The minimum Gasteiger partial charge on any atom is -0.493 e. The number of benzene rings is 1. The molecule has 1 heterocycles. The van der Waals surface area contributed by atoms with Gasteiger partial charge in [0.05, 0.1) is 26.2 Å². The first kappa shape index (κ1) is 14.4. The molecule has 1 saturated carbocycles. The number of carboxylic acid groups (broad SMARTS) is 1. The van der Waals surface area contributed by atoms with Crippen molar-refractivity contribution >= 4 is 5.97 Å². The Kier molecular flexibility index (Phi) is 3.89. The molecule has 1 N–H and O–H groups in total. The Balaban J connectivity index is 1.67. The van der Waals surface area contributed by atoms with Gasteiger partial charge in [-0.15, -0.1) is 0 Å². The zero-order valence-corrected chi connectivity index (χ0v) is 12.4. The molecule has 1 aliphatic carbocycles. The Bertz CT molecular complexity index is 517. The number of hydrogen-bond acceptors (Lipinski definition) is 3. The summed E-state index contributed by atoms with van der Waals surface area (Å²) < 4.78 is 11.1. The van der Waals surface area contributed by atoms with Crippen LogP contribution in [0.3, 0.4) is 0 Å². The molecule has 1 unspecified atom stereocenters. The van der Waals surface area contributed by atoms with Crippen molar-refractivity contribution in [2.75, 3.05) is 19.8 Å². The molecule has 2 fully saturated rings. The van der Waals surface area contributed by atoms with Gasteiger partial charge in [0.25, 0.3) is 0 Å². The standard InChI is InChI=1S/C17H22O4/c1-17(9-20-10-17)11-21-14-4-2-3-13(7-14)15(8-16(18)19)12-5-6-12/h2-4,7,12,15H,5-6,8-11H2,1H3,(H,18,19). The van der Waals surface area contributed by atoms with Gasteiger partial charge >= 0.3 is 5.97 Å². The smallest absolute Gasteiger partial charge is 0.303 e. The topological polar surface area (TPSA) is 55.8 Å². The largest absolute Gasteiger partial charge is 0.493 e. The lowest BCUT2D eigenvalue weighted by Gasteiger charge is -2.37. The first-order valence-electron chi connectivity index (χ1n) is 7.58. The highest BCUT2D eigenvalue weighted by molar-refractivity contribution is 5.68. The highest BCUT2D eigenvalue weighted by atomic mass is 16.5. The number of rotatable bonds is 7. The van der Waals surface area contributed by atoms with Crippen molar-refractivity contribution in [2.24, 2.45) is 11.3 Å². The highest BCUT2D eigenvalue weighted by Crippen LogP contribution is 2.45. The first-order valence-corrected chi connectivity index (χ1v) is 7.58. The molecular formula is C17H22O4. The van der Waals surface area contributed by atoms with E-state index in [2.05, 4.69) is 6.92 Å². The van der Waals surface area contributed by atoms with Crippen LogP contribution < -0.4 is 4.74 Å².